The zero-order valence-electron chi connectivity index (χ0n) is 22.6. The van der Waals surface area contributed by atoms with Gasteiger partial charge in [0.05, 0.1) is 23.2 Å². The first-order chi connectivity index (χ1) is 19.2. The summed E-state index contributed by atoms with van der Waals surface area (Å²) in [6.07, 6.45) is 6.49. The van der Waals surface area contributed by atoms with Crippen molar-refractivity contribution < 1.29 is 28.7 Å². The van der Waals surface area contributed by atoms with Crippen LogP contribution in [0.4, 0.5) is 5.69 Å². The van der Waals surface area contributed by atoms with Crippen LogP contribution in [-0.2, 0) is 23.9 Å². The highest BCUT2D eigenvalue weighted by Gasteiger charge is 2.51. The van der Waals surface area contributed by atoms with E-state index in [0.29, 0.717) is 36.9 Å². The molecule has 4 atom stereocenters. The molecule has 216 valence electrons. The maximum atomic E-state index is 13.4. The van der Waals surface area contributed by atoms with Gasteiger partial charge in [-0.1, -0.05) is 11.6 Å². The second-order valence-corrected chi connectivity index (χ2v) is 12.7. The Bertz CT molecular complexity index is 1180. The number of nitrogens with two attached hydrogens (primary N) is 1. The Morgan fingerprint density at radius 2 is 1.82 bits per heavy atom. The van der Waals surface area contributed by atoms with Crippen LogP contribution in [0.3, 0.4) is 0 Å². The van der Waals surface area contributed by atoms with Crippen LogP contribution in [-0.4, -0.2) is 65.7 Å². The molecule has 4 aliphatic carbocycles. The number of hydrogen-bond acceptors (Lipinski definition) is 7. The number of ether oxygens (including phenoxy) is 2. The predicted molar refractivity (Wildman–Crippen MR) is 146 cm³/mol. The highest BCUT2D eigenvalue weighted by molar-refractivity contribution is 6.33. The highest BCUT2D eigenvalue weighted by atomic mass is 35.5. The highest BCUT2D eigenvalue weighted by Crippen LogP contribution is 2.55. The molecule has 2 aliphatic heterocycles. The minimum Gasteiger partial charge on any atom is -0.433 e. The summed E-state index contributed by atoms with van der Waals surface area (Å²) in [7, 11) is 0. The Labute approximate surface area is 238 Å². The quantitative estimate of drug-likeness (QED) is 0.337. The van der Waals surface area contributed by atoms with Crippen LogP contribution in [0.5, 0.6) is 0 Å². The number of esters is 1. The number of likely N-dealkylation sites (tertiary alicyclic amines) is 1. The van der Waals surface area contributed by atoms with Crippen LogP contribution in [0.15, 0.2) is 18.2 Å². The normalized spacial score (nSPS) is 35.0. The summed E-state index contributed by atoms with van der Waals surface area (Å²) in [5, 5.41) is 5.90. The molecule has 1 aromatic carbocycles. The van der Waals surface area contributed by atoms with Crippen LogP contribution < -0.4 is 16.4 Å². The number of amides is 3. The Balaban J connectivity index is 1.06. The zero-order valence-corrected chi connectivity index (χ0v) is 23.4. The molecule has 40 heavy (non-hydrogen) atoms. The molecule has 3 amide bonds. The first kappa shape index (κ1) is 27.3. The summed E-state index contributed by atoms with van der Waals surface area (Å²) in [6.45, 7) is 1.99. The van der Waals surface area contributed by atoms with E-state index < -0.39 is 36.3 Å². The number of carbonyl (C=O) groups excluding carboxylic acids is 4. The van der Waals surface area contributed by atoms with Gasteiger partial charge in [-0.2, -0.15) is 0 Å². The van der Waals surface area contributed by atoms with Crippen molar-refractivity contribution >= 4 is 41.0 Å². The zero-order chi connectivity index (χ0) is 28.1. The third-order valence-electron chi connectivity index (χ3n) is 9.54. The Morgan fingerprint density at radius 3 is 2.50 bits per heavy atom. The van der Waals surface area contributed by atoms with Gasteiger partial charge in [0.15, 0.2) is 0 Å². The molecular weight excluding hydrogens is 536 g/mol. The van der Waals surface area contributed by atoms with Crippen molar-refractivity contribution in [2.24, 2.45) is 23.7 Å². The molecule has 2 saturated heterocycles. The molecule has 0 radical (unpaired) electrons. The van der Waals surface area contributed by atoms with E-state index in [2.05, 4.69) is 10.6 Å². The van der Waals surface area contributed by atoms with Crippen molar-refractivity contribution in [2.75, 3.05) is 12.3 Å². The lowest BCUT2D eigenvalue weighted by Gasteiger charge is -2.54. The van der Waals surface area contributed by atoms with E-state index in [1.807, 2.05) is 0 Å². The van der Waals surface area contributed by atoms with Crippen LogP contribution in [0.1, 0.15) is 68.6 Å². The fourth-order valence-electron chi connectivity index (χ4n) is 7.87. The summed E-state index contributed by atoms with van der Waals surface area (Å²) in [5.74, 6) is 1.04. The molecule has 4 saturated carbocycles. The van der Waals surface area contributed by atoms with Gasteiger partial charge < -0.3 is 30.7 Å². The fourth-order valence-corrected chi connectivity index (χ4v) is 8.05. The average molecular weight is 573 g/mol. The van der Waals surface area contributed by atoms with Gasteiger partial charge in [-0.15, -0.1) is 0 Å². The first-order valence-electron chi connectivity index (χ1n) is 14.5. The molecule has 1 aromatic rings. The second-order valence-electron chi connectivity index (χ2n) is 12.3. The molecule has 7 rings (SSSR count). The van der Waals surface area contributed by atoms with E-state index in [-0.39, 0.29) is 34.9 Å². The first-order valence-corrected chi connectivity index (χ1v) is 14.9. The third-order valence-corrected chi connectivity index (χ3v) is 9.87. The second kappa shape index (κ2) is 10.9. The van der Waals surface area contributed by atoms with Crippen LogP contribution in [0.2, 0.25) is 5.02 Å². The number of rotatable bonds is 7. The van der Waals surface area contributed by atoms with Gasteiger partial charge in [0.2, 0.25) is 18.1 Å². The van der Waals surface area contributed by atoms with Crippen molar-refractivity contribution in [2.45, 2.75) is 88.8 Å². The molecule has 0 aromatic heterocycles. The smallest absolute Gasteiger partial charge is 0.310 e. The molecular formula is C29H37ClN4O6. The maximum absolute atomic E-state index is 13.4. The molecule has 4 N–H and O–H groups in total. The van der Waals surface area contributed by atoms with Crippen LogP contribution in [0.25, 0.3) is 0 Å². The minimum absolute atomic E-state index is 0.0426. The van der Waals surface area contributed by atoms with Gasteiger partial charge in [0.1, 0.15) is 18.1 Å². The third kappa shape index (κ3) is 5.28. The summed E-state index contributed by atoms with van der Waals surface area (Å²) in [5.41, 5.74) is 6.35. The number of nitrogen functional groups attached to an aromatic ring is 1. The Kier molecular flexibility index (Phi) is 7.41. The number of nitrogens with one attached hydrogen (secondary N) is 2. The molecule has 10 nitrogen and oxygen atoms in total. The van der Waals surface area contributed by atoms with Crippen molar-refractivity contribution in [3.63, 3.8) is 0 Å². The standard InChI is InChI=1S/C29H37ClN4O6/c1-14(32-26(36)17-4-5-21(31)20(30)12-17)28(38)34-6-2-3-23(34)27(37)33-22-13-24(35)39-29(22)40-25-18-8-15-7-16(10-18)11-19(25)9-15/h4-5,12,14-16,18-19,22-23,25,29H,2-3,6-11,13,31H2,1H3,(H,32,36)(H,33,37)/t14-,15?,16?,18?,19?,22?,23-,25?,29-/m0/s1. The number of hydrogen-bond donors (Lipinski definition) is 3. The number of benzene rings is 1. The molecule has 2 heterocycles. The van der Waals surface area contributed by atoms with E-state index in [4.69, 9.17) is 26.8 Å². The number of anilines is 1. The van der Waals surface area contributed by atoms with Crippen molar-refractivity contribution in [1.29, 1.82) is 0 Å². The van der Waals surface area contributed by atoms with E-state index >= 15 is 0 Å². The molecule has 1 unspecified atom stereocenters. The van der Waals surface area contributed by atoms with Gasteiger partial charge in [0.25, 0.3) is 5.91 Å². The van der Waals surface area contributed by atoms with E-state index in [9.17, 15) is 19.2 Å². The summed E-state index contributed by atoms with van der Waals surface area (Å²) >= 11 is 6.03. The van der Waals surface area contributed by atoms with Crippen LogP contribution in [0, 0.1) is 23.7 Å². The number of halogens is 1. The maximum Gasteiger partial charge on any atom is 0.310 e. The van der Waals surface area contributed by atoms with E-state index in [0.717, 1.165) is 11.8 Å². The largest absolute Gasteiger partial charge is 0.433 e. The predicted octanol–water partition coefficient (Wildman–Crippen LogP) is 2.63. The summed E-state index contributed by atoms with van der Waals surface area (Å²) in [4.78, 5) is 53.1. The lowest BCUT2D eigenvalue weighted by Crippen LogP contribution is -2.56. The van der Waals surface area contributed by atoms with Crippen molar-refractivity contribution in [3.05, 3.63) is 28.8 Å². The SMILES string of the molecule is C[C@H](NC(=O)c1ccc(N)c(Cl)c1)C(=O)N1CCC[C@H]1C(=O)NC1CC(=O)O[C@H]1OC1C2CC3CC(C2)CC1C3. The molecule has 11 heteroatoms. The van der Waals surface area contributed by atoms with E-state index in [1.165, 1.54) is 55.2 Å². The minimum atomic E-state index is -0.860. The van der Waals surface area contributed by atoms with Crippen molar-refractivity contribution in [3.8, 4) is 0 Å². The summed E-state index contributed by atoms with van der Waals surface area (Å²) < 4.78 is 12.0. The van der Waals surface area contributed by atoms with Crippen molar-refractivity contribution in [1.82, 2.24) is 15.5 Å². The summed E-state index contributed by atoms with van der Waals surface area (Å²) in [6, 6.07) is 2.36. The van der Waals surface area contributed by atoms with E-state index in [1.54, 1.807) is 6.92 Å². The number of cyclic esters (lactones) is 1. The van der Waals surface area contributed by atoms with Gasteiger partial charge >= 0.3 is 5.97 Å². The lowest BCUT2D eigenvalue weighted by atomic mass is 9.55. The molecule has 6 fully saturated rings. The van der Waals surface area contributed by atoms with Gasteiger partial charge in [-0.3, -0.25) is 19.2 Å². The average Bonchev–Trinajstić information content (AvgIpc) is 3.53. The monoisotopic (exact) mass is 572 g/mol. The van der Waals surface area contributed by atoms with Gasteiger partial charge in [-0.05, 0) is 93.7 Å². The number of carbonyl (C=O) groups is 4. The Hall–Kier alpha value is -2.85. The topological polar surface area (TPSA) is 140 Å². The number of nitrogens with zero attached hydrogens (tertiary/aromatic N) is 1. The fraction of sp³-hybridized carbons (Fsp3) is 0.655. The Morgan fingerprint density at radius 1 is 1.12 bits per heavy atom. The lowest BCUT2D eigenvalue weighted by molar-refractivity contribution is -0.216. The molecule has 6 aliphatic rings. The van der Waals surface area contributed by atoms with Crippen LogP contribution >= 0.6 is 11.6 Å². The molecule has 4 bridgehead atoms. The van der Waals surface area contributed by atoms with Gasteiger partial charge in [0, 0.05) is 12.1 Å². The van der Waals surface area contributed by atoms with Gasteiger partial charge in [-0.25, -0.2) is 0 Å². The molecule has 0 spiro atoms.